The Balaban J connectivity index is 1.82. The fourth-order valence-corrected chi connectivity index (χ4v) is 3.54. The Labute approximate surface area is 133 Å². The van der Waals surface area contributed by atoms with Gasteiger partial charge < -0.3 is 5.32 Å². The van der Waals surface area contributed by atoms with Crippen LogP contribution in [0.1, 0.15) is 24.0 Å². The normalized spacial score (nSPS) is 14.5. The van der Waals surface area contributed by atoms with Crippen molar-refractivity contribution in [1.82, 2.24) is 5.32 Å². The summed E-state index contributed by atoms with van der Waals surface area (Å²) in [5.41, 5.74) is 2.71. The molecule has 0 radical (unpaired) electrons. The van der Waals surface area contributed by atoms with Gasteiger partial charge in [-0.25, -0.2) is 0 Å². The molecule has 3 rings (SSSR count). The number of hydrogen-bond acceptors (Lipinski definition) is 2. The molecule has 0 aromatic heterocycles. The first kappa shape index (κ1) is 14.2. The molecule has 1 saturated carbocycles. The van der Waals surface area contributed by atoms with E-state index in [1.165, 1.54) is 33.8 Å². The fourth-order valence-electron chi connectivity index (χ4n) is 2.12. The molecular formula is C17H18BrNS. The number of aryl methyl sites for hydroxylation is 1. The Bertz CT molecular complexity index is 608. The van der Waals surface area contributed by atoms with Gasteiger partial charge in [0.05, 0.1) is 0 Å². The van der Waals surface area contributed by atoms with Crippen molar-refractivity contribution < 1.29 is 0 Å². The molecule has 0 amide bonds. The highest BCUT2D eigenvalue weighted by atomic mass is 79.9. The van der Waals surface area contributed by atoms with Crippen molar-refractivity contribution in [2.75, 3.05) is 0 Å². The molecule has 20 heavy (non-hydrogen) atoms. The van der Waals surface area contributed by atoms with Gasteiger partial charge in [0.15, 0.2) is 0 Å². The van der Waals surface area contributed by atoms with E-state index in [4.69, 9.17) is 0 Å². The molecule has 1 nitrogen and oxygen atoms in total. The zero-order chi connectivity index (χ0) is 13.9. The molecule has 104 valence electrons. The van der Waals surface area contributed by atoms with Crippen LogP contribution in [0.4, 0.5) is 0 Å². The van der Waals surface area contributed by atoms with Crippen LogP contribution in [0.3, 0.4) is 0 Å². The van der Waals surface area contributed by atoms with Crippen molar-refractivity contribution in [3.63, 3.8) is 0 Å². The van der Waals surface area contributed by atoms with Crippen molar-refractivity contribution >= 4 is 27.7 Å². The number of halogens is 1. The first-order valence-corrected chi connectivity index (χ1v) is 8.58. The molecule has 0 bridgehead atoms. The molecule has 0 aliphatic heterocycles. The van der Waals surface area contributed by atoms with Gasteiger partial charge in [0.1, 0.15) is 0 Å². The van der Waals surface area contributed by atoms with Crippen LogP contribution in [0.2, 0.25) is 0 Å². The van der Waals surface area contributed by atoms with E-state index in [1.54, 1.807) is 0 Å². The van der Waals surface area contributed by atoms with Crippen LogP contribution in [-0.2, 0) is 6.54 Å². The summed E-state index contributed by atoms with van der Waals surface area (Å²) in [7, 11) is 0. The van der Waals surface area contributed by atoms with Gasteiger partial charge in [-0.2, -0.15) is 0 Å². The second-order valence-corrected chi connectivity index (χ2v) is 7.27. The van der Waals surface area contributed by atoms with Crippen LogP contribution < -0.4 is 5.32 Å². The summed E-state index contributed by atoms with van der Waals surface area (Å²) in [6, 6.07) is 15.9. The van der Waals surface area contributed by atoms with Crippen LogP contribution in [0, 0.1) is 6.92 Å². The van der Waals surface area contributed by atoms with Crippen molar-refractivity contribution in [2.24, 2.45) is 0 Å². The van der Waals surface area contributed by atoms with Gasteiger partial charge in [-0.05, 0) is 55.2 Å². The van der Waals surface area contributed by atoms with Crippen molar-refractivity contribution in [3.05, 3.63) is 58.1 Å². The maximum Gasteiger partial charge on any atom is 0.0219 e. The summed E-state index contributed by atoms with van der Waals surface area (Å²) in [6.07, 6.45) is 2.66. The molecule has 1 fully saturated rings. The zero-order valence-electron chi connectivity index (χ0n) is 11.5. The Hall–Kier alpha value is -0.770. The first-order chi connectivity index (χ1) is 9.72. The highest BCUT2D eigenvalue weighted by Crippen LogP contribution is 2.34. The molecular weight excluding hydrogens is 330 g/mol. The fraction of sp³-hybridized carbons (Fsp3) is 0.294. The molecule has 2 aromatic carbocycles. The van der Waals surface area contributed by atoms with Crippen molar-refractivity contribution in [2.45, 2.75) is 42.1 Å². The average Bonchev–Trinajstić information content (AvgIpc) is 3.25. The molecule has 0 heterocycles. The largest absolute Gasteiger partial charge is 0.310 e. The van der Waals surface area contributed by atoms with E-state index in [2.05, 4.69) is 70.6 Å². The smallest absolute Gasteiger partial charge is 0.0219 e. The number of nitrogens with one attached hydrogen (secondary N) is 1. The van der Waals surface area contributed by atoms with Gasteiger partial charge >= 0.3 is 0 Å². The molecule has 3 heteroatoms. The zero-order valence-corrected chi connectivity index (χ0v) is 13.9. The minimum absolute atomic E-state index is 0.741. The Kier molecular flexibility index (Phi) is 4.49. The third kappa shape index (κ3) is 3.66. The minimum Gasteiger partial charge on any atom is -0.310 e. The van der Waals surface area contributed by atoms with Crippen LogP contribution in [0.5, 0.6) is 0 Å². The van der Waals surface area contributed by atoms with E-state index in [-0.39, 0.29) is 0 Å². The standard InChI is InChI=1S/C17H18BrNS/c1-12-4-2-3-5-16(12)20-17-9-6-14(18)10-13(17)11-19-15-7-8-15/h2-6,9-10,15,19H,7-8,11H2,1H3. The molecule has 2 aromatic rings. The predicted molar refractivity (Wildman–Crippen MR) is 89.3 cm³/mol. The quantitative estimate of drug-likeness (QED) is 0.801. The monoisotopic (exact) mass is 347 g/mol. The van der Waals surface area contributed by atoms with E-state index >= 15 is 0 Å². The van der Waals surface area contributed by atoms with E-state index < -0.39 is 0 Å². The lowest BCUT2D eigenvalue weighted by Gasteiger charge is -2.12. The number of rotatable bonds is 5. The summed E-state index contributed by atoms with van der Waals surface area (Å²) in [6.45, 7) is 3.13. The third-order valence-electron chi connectivity index (χ3n) is 3.49. The van der Waals surface area contributed by atoms with Crippen LogP contribution in [0.25, 0.3) is 0 Å². The van der Waals surface area contributed by atoms with Gasteiger partial charge in [-0.3, -0.25) is 0 Å². The summed E-state index contributed by atoms with van der Waals surface area (Å²) < 4.78 is 1.15. The molecule has 1 aliphatic carbocycles. The van der Waals surface area contributed by atoms with Crippen molar-refractivity contribution in [1.29, 1.82) is 0 Å². The maximum absolute atomic E-state index is 3.61. The van der Waals surface area contributed by atoms with Crippen LogP contribution >= 0.6 is 27.7 Å². The van der Waals surface area contributed by atoms with Gasteiger partial charge in [0, 0.05) is 26.9 Å². The van der Waals surface area contributed by atoms with E-state index in [0.29, 0.717) is 0 Å². The highest BCUT2D eigenvalue weighted by Gasteiger charge is 2.20. The molecule has 1 aliphatic rings. The topological polar surface area (TPSA) is 12.0 Å². The molecule has 1 N–H and O–H groups in total. The van der Waals surface area contributed by atoms with E-state index in [9.17, 15) is 0 Å². The number of hydrogen-bond donors (Lipinski definition) is 1. The average molecular weight is 348 g/mol. The second kappa shape index (κ2) is 6.33. The Morgan fingerprint density at radius 3 is 2.70 bits per heavy atom. The lowest BCUT2D eigenvalue weighted by molar-refractivity contribution is 0.680. The lowest BCUT2D eigenvalue weighted by Crippen LogP contribution is -2.15. The third-order valence-corrected chi connectivity index (χ3v) is 5.28. The Morgan fingerprint density at radius 2 is 1.95 bits per heavy atom. The maximum atomic E-state index is 3.61. The summed E-state index contributed by atoms with van der Waals surface area (Å²) >= 11 is 5.44. The predicted octanol–water partition coefficient (Wildman–Crippen LogP) is 5.16. The lowest BCUT2D eigenvalue weighted by atomic mass is 10.2. The van der Waals surface area contributed by atoms with Gasteiger partial charge in [-0.1, -0.05) is 45.9 Å². The van der Waals surface area contributed by atoms with E-state index in [0.717, 1.165) is 17.1 Å². The summed E-state index contributed by atoms with van der Waals surface area (Å²) in [4.78, 5) is 2.68. The van der Waals surface area contributed by atoms with Crippen LogP contribution in [0.15, 0.2) is 56.7 Å². The van der Waals surface area contributed by atoms with Gasteiger partial charge in [0.25, 0.3) is 0 Å². The summed E-state index contributed by atoms with van der Waals surface area (Å²) in [5.74, 6) is 0. The highest BCUT2D eigenvalue weighted by molar-refractivity contribution is 9.10. The molecule has 0 atom stereocenters. The minimum atomic E-state index is 0.741. The first-order valence-electron chi connectivity index (χ1n) is 6.97. The molecule has 0 saturated heterocycles. The SMILES string of the molecule is Cc1ccccc1Sc1ccc(Br)cc1CNC1CC1. The second-order valence-electron chi connectivity index (χ2n) is 5.27. The molecule has 0 unspecified atom stereocenters. The van der Waals surface area contributed by atoms with Crippen LogP contribution in [-0.4, -0.2) is 6.04 Å². The molecule has 0 spiro atoms. The van der Waals surface area contributed by atoms with Crippen molar-refractivity contribution in [3.8, 4) is 0 Å². The van der Waals surface area contributed by atoms with E-state index in [1.807, 2.05) is 11.8 Å². The van der Waals surface area contributed by atoms with Gasteiger partial charge in [0.2, 0.25) is 0 Å². The Morgan fingerprint density at radius 1 is 1.15 bits per heavy atom. The van der Waals surface area contributed by atoms with Gasteiger partial charge in [-0.15, -0.1) is 0 Å². The summed E-state index contributed by atoms with van der Waals surface area (Å²) in [5, 5.41) is 3.61. The number of benzene rings is 2.